The van der Waals surface area contributed by atoms with E-state index in [0.29, 0.717) is 36.4 Å². The van der Waals surface area contributed by atoms with Gasteiger partial charge in [-0.05, 0) is 50.3 Å². The Labute approximate surface area is 165 Å². The molecule has 152 valence electrons. The van der Waals surface area contributed by atoms with Gasteiger partial charge in [0, 0.05) is 37.7 Å². The van der Waals surface area contributed by atoms with Crippen LogP contribution in [0.2, 0.25) is 0 Å². The van der Waals surface area contributed by atoms with E-state index in [0.717, 1.165) is 38.6 Å². The van der Waals surface area contributed by atoms with E-state index in [9.17, 15) is 14.4 Å². The molecule has 7 nitrogen and oxygen atoms in total. The van der Waals surface area contributed by atoms with Gasteiger partial charge in [0.05, 0.1) is 19.8 Å². The summed E-state index contributed by atoms with van der Waals surface area (Å²) in [6.45, 7) is 2.19. The van der Waals surface area contributed by atoms with Crippen molar-refractivity contribution in [2.75, 3.05) is 33.9 Å². The number of rotatable bonds is 6. The zero-order chi connectivity index (χ0) is 20.1. The molecule has 0 unspecified atom stereocenters. The van der Waals surface area contributed by atoms with Crippen LogP contribution in [0.25, 0.3) is 0 Å². The third kappa shape index (κ3) is 4.46. The van der Waals surface area contributed by atoms with Gasteiger partial charge in [0.15, 0.2) is 0 Å². The van der Waals surface area contributed by atoms with Gasteiger partial charge in [-0.25, -0.2) is 4.79 Å². The molecule has 28 heavy (non-hydrogen) atoms. The van der Waals surface area contributed by atoms with E-state index in [1.165, 1.54) is 14.2 Å². The predicted molar refractivity (Wildman–Crippen MR) is 103 cm³/mol. The standard InChI is InChI=1S/C21H28N2O5/c1-27-18-13-15(12-16(14-18)21(26)28-2)20(25)23-10-4-3-6-17(23)8-11-22-9-5-7-19(22)24/h12-14,17H,3-11H2,1-2H3/t17-/m0/s1. The molecule has 3 rings (SSSR count). The minimum Gasteiger partial charge on any atom is -0.497 e. The average Bonchev–Trinajstić information content (AvgIpc) is 3.15. The van der Waals surface area contributed by atoms with Crippen LogP contribution in [0.4, 0.5) is 0 Å². The van der Waals surface area contributed by atoms with Gasteiger partial charge in [-0.1, -0.05) is 0 Å². The first-order chi connectivity index (χ1) is 13.5. The SMILES string of the molecule is COC(=O)c1cc(OC)cc(C(=O)N2CCCC[C@H]2CCN2CCCC2=O)c1. The molecule has 0 N–H and O–H groups in total. The second kappa shape index (κ2) is 9.08. The molecule has 2 amide bonds. The molecule has 2 saturated heterocycles. The molecule has 2 aliphatic rings. The fourth-order valence-electron chi connectivity index (χ4n) is 4.06. The number of hydrogen-bond donors (Lipinski definition) is 0. The fraction of sp³-hybridized carbons (Fsp3) is 0.571. The van der Waals surface area contributed by atoms with Crippen LogP contribution >= 0.6 is 0 Å². The van der Waals surface area contributed by atoms with Crippen molar-refractivity contribution in [3.05, 3.63) is 29.3 Å². The molecule has 1 atom stereocenters. The third-order valence-corrected chi connectivity index (χ3v) is 5.60. The molecule has 2 fully saturated rings. The van der Waals surface area contributed by atoms with Gasteiger partial charge < -0.3 is 19.3 Å². The van der Waals surface area contributed by atoms with Gasteiger partial charge in [-0.2, -0.15) is 0 Å². The summed E-state index contributed by atoms with van der Waals surface area (Å²) in [7, 11) is 2.81. The van der Waals surface area contributed by atoms with Crippen molar-refractivity contribution in [2.24, 2.45) is 0 Å². The fourth-order valence-corrected chi connectivity index (χ4v) is 4.06. The maximum absolute atomic E-state index is 13.2. The van der Waals surface area contributed by atoms with Gasteiger partial charge in [-0.15, -0.1) is 0 Å². The highest BCUT2D eigenvalue weighted by Gasteiger charge is 2.30. The van der Waals surface area contributed by atoms with Gasteiger partial charge in [-0.3, -0.25) is 9.59 Å². The summed E-state index contributed by atoms with van der Waals surface area (Å²) < 4.78 is 10.0. The number of carbonyl (C=O) groups excluding carboxylic acids is 3. The lowest BCUT2D eigenvalue weighted by molar-refractivity contribution is -0.127. The van der Waals surface area contributed by atoms with Crippen LogP contribution in [-0.2, 0) is 9.53 Å². The Morgan fingerprint density at radius 2 is 1.86 bits per heavy atom. The van der Waals surface area contributed by atoms with Gasteiger partial charge in [0.25, 0.3) is 5.91 Å². The van der Waals surface area contributed by atoms with Crippen molar-refractivity contribution in [3.8, 4) is 5.75 Å². The molecule has 0 saturated carbocycles. The van der Waals surface area contributed by atoms with Crippen molar-refractivity contribution in [1.82, 2.24) is 9.80 Å². The first-order valence-electron chi connectivity index (χ1n) is 9.89. The number of carbonyl (C=O) groups is 3. The van der Waals surface area contributed by atoms with Gasteiger partial charge in [0.2, 0.25) is 5.91 Å². The van der Waals surface area contributed by atoms with Crippen molar-refractivity contribution in [3.63, 3.8) is 0 Å². The van der Waals surface area contributed by atoms with Crippen molar-refractivity contribution >= 4 is 17.8 Å². The number of nitrogens with zero attached hydrogens (tertiary/aromatic N) is 2. The minimum atomic E-state index is -0.504. The van der Waals surface area contributed by atoms with Crippen molar-refractivity contribution in [2.45, 2.75) is 44.6 Å². The normalized spacial score (nSPS) is 19.6. The van der Waals surface area contributed by atoms with Crippen molar-refractivity contribution in [1.29, 1.82) is 0 Å². The van der Waals surface area contributed by atoms with E-state index in [1.54, 1.807) is 18.2 Å². The van der Waals surface area contributed by atoms with Crippen LogP contribution in [0, 0.1) is 0 Å². The molecule has 0 radical (unpaired) electrons. The van der Waals surface area contributed by atoms with E-state index >= 15 is 0 Å². The highest BCUT2D eigenvalue weighted by Crippen LogP contribution is 2.25. The highest BCUT2D eigenvalue weighted by molar-refractivity contribution is 5.98. The Bertz CT molecular complexity index is 748. The number of likely N-dealkylation sites (tertiary alicyclic amines) is 2. The first kappa shape index (κ1) is 20.2. The Morgan fingerprint density at radius 1 is 1.07 bits per heavy atom. The number of piperidine rings is 1. The zero-order valence-corrected chi connectivity index (χ0v) is 16.6. The maximum Gasteiger partial charge on any atom is 0.338 e. The molecule has 0 bridgehead atoms. The summed E-state index contributed by atoms with van der Waals surface area (Å²) in [5.41, 5.74) is 0.713. The largest absolute Gasteiger partial charge is 0.497 e. The molecular weight excluding hydrogens is 360 g/mol. The van der Waals surface area contributed by atoms with Crippen LogP contribution in [0.3, 0.4) is 0 Å². The third-order valence-electron chi connectivity index (χ3n) is 5.60. The minimum absolute atomic E-state index is 0.0995. The van der Waals surface area contributed by atoms with E-state index < -0.39 is 5.97 Å². The Morgan fingerprint density at radius 3 is 2.54 bits per heavy atom. The average molecular weight is 388 g/mol. The number of ether oxygens (including phenoxy) is 2. The zero-order valence-electron chi connectivity index (χ0n) is 16.6. The Hall–Kier alpha value is -2.57. The van der Waals surface area contributed by atoms with E-state index in [4.69, 9.17) is 9.47 Å². The second-order valence-electron chi connectivity index (χ2n) is 7.36. The number of benzene rings is 1. The Kier molecular flexibility index (Phi) is 6.54. The summed E-state index contributed by atoms with van der Waals surface area (Å²) in [5.74, 6) is 0.0452. The second-order valence-corrected chi connectivity index (χ2v) is 7.36. The quantitative estimate of drug-likeness (QED) is 0.700. The monoisotopic (exact) mass is 388 g/mol. The molecular formula is C21H28N2O5. The molecule has 1 aromatic carbocycles. The molecule has 2 aliphatic heterocycles. The van der Waals surface area contributed by atoms with E-state index in [1.807, 2.05) is 9.80 Å². The maximum atomic E-state index is 13.2. The summed E-state index contributed by atoms with van der Waals surface area (Å²) >= 11 is 0. The molecule has 0 aliphatic carbocycles. The lowest BCUT2D eigenvalue weighted by Gasteiger charge is -2.37. The Balaban J connectivity index is 1.76. The predicted octanol–water partition coefficient (Wildman–Crippen LogP) is 2.49. The summed E-state index contributed by atoms with van der Waals surface area (Å²) in [4.78, 5) is 40.8. The van der Waals surface area contributed by atoms with Gasteiger partial charge >= 0.3 is 5.97 Å². The van der Waals surface area contributed by atoms with Gasteiger partial charge in [0.1, 0.15) is 5.75 Å². The topological polar surface area (TPSA) is 76.2 Å². The molecule has 2 heterocycles. The summed E-state index contributed by atoms with van der Waals surface area (Å²) in [5, 5.41) is 0. The highest BCUT2D eigenvalue weighted by atomic mass is 16.5. The number of hydrogen-bond acceptors (Lipinski definition) is 5. The van der Waals surface area contributed by atoms with Crippen LogP contribution in [0.1, 0.15) is 59.2 Å². The van der Waals surface area contributed by atoms with Crippen LogP contribution in [0.5, 0.6) is 5.75 Å². The molecule has 0 aromatic heterocycles. The van der Waals surface area contributed by atoms with E-state index in [-0.39, 0.29) is 17.9 Å². The molecule has 0 spiro atoms. The van der Waals surface area contributed by atoms with Crippen LogP contribution in [-0.4, -0.2) is 67.5 Å². The van der Waals surface area contributed by atoms with Crippen molar-refractivity contribution < 1.29 is 23.9 Å². The number of esters is 1. The smallest absolute Gasteiger partial charge is 0.338 e. The lowest BCUT2D eigenvalue weighted by atomic mass is 9.97. The molecule has 1 aromatic rings. The first-order valence-corrected chi connectivity index (χ1v) is 9.89. The number of amides is 2. The summed E-state index contributed by atoms with van der Waals surface area (Å²) in [6, 6.07) is 4.88. The lowest BCUT2D eigenvalue weighted by Crippen LogP contribution is -2.45. The van der Waals surface area contributed by atoms with E-state index in [2.05, 4.69) is 0 Å². The summed E-state index contributed by atoms with van der Waals surface area (Å²) in [6.07, 6.45) is 5.30. The molecule has 7 heteroatoms. The van der Waals surface area contributed by atoms with Crippen LogP contribution < -0.4 is 4.74 Å². The number of methoxy groups -OCH3 is 2. The van der Waals surface area contributed by atoms with Crippen LogP contribution in [0.15, 0.2) is 18.2 Å².